The first-order valence-corrected chi connectivity index (χ1v) is 20.2. The summed E-state index contributed by atoms with van der Waals surface area (Å²) >= 11 is 0. The first-order valence-electron chi connectivity index (χ1n) is 20.2. The molecule has 3 heterocycles. The molecular formula is C57H37N4O2Pt2-3. The molecule has 0 saturated carbocycles. The maximum atomic E-state index is 6.57. The predicted octanol–water partition coefficient (Wildman–Crippen LogP) is 13.2. The number of anilines is 1. The Kier molecular flexibility index (Phi) is 15.5. The fourth-order valence-electron chi connectivity index (χ4n) is 7.13. The second-order valence-corrected chi connectivity index (χ2v) is 14.4. The Hall–Kier alpha value is -7.15. The number of benzene rings is 7. The van der Waals surface area contributed by atoms with Crippen LogP contribution in [0, 0.1) is 49.5 Å². The second kappa shape index (κ2) is 22.0. The minimum Gasteiger partial charge on any atom is -0.669 e. The van der Waals surface area contributed by atoms with E-state index in [4.69, 9.17) is 15.9 Å². The van der Waals surface area contributed by atoms with Crippen molar-refractivity contribution in [2.45, 2.75) is 0 Å². The van der Waals surface area contributed by atoms with E-state index in [0.717, 1.165) is 61.5 Å². The summed E-state index contributed by atoms with van der Waals surface area (Å²) < 4.78 is 14.2. The number of aromatic nitrogens is 2. The van der Waals surface area contributed by atoms with Crippen LogP contribution in [-0.2, 0) is 42.1 Å². The van der Waals surface area contributed by atoms with Crippen molar-refractivity contribution in [1.82, 2.24) is 14.5 Å². The van der Waals surface area contributed by atoms with Crippen LogP contribution in [0.2, 0.25) is 0 Å². The molecule has 0 atom stereocenters. The SMILES string of the molecule is CN1C=CN(c2[c-]c(Oc3[c-]c(-c4cc(-c5[c-]c(Oc6[c-]ccc(-c7c(-c8ccccc8)cccc7-c7ccccc7)c6)ccc5)[c-]cn4)ccc3)ccc2)[CH-]1.[C-]#Cn1cccc1.[Pt+4].[Pt]. The van der Waals surface area contributed by atoms with Crippen molar-refractivity contribution in [3.63, 3.8) is 0 Å². The van der Waals surface area contributed by atoms with Crippen LogP contribution in [-0.4, -0.2) is 21.5 Å². The van der Waals surface area contributed by atoms with Crippen LogP contribution in [0.5, 0.6) is 23.0 Å². The number of hydrogen-bond acceptors (Lipinski definition) is 5. The van der Waals surface area contributed by atoms with Crippen LogP contribution in [0.3, 0.4) is 0 Å². The maximum absolute atomic E-state index is 6.57. The largest absolute Gasteiger partial charge is 4.00 e. The Morgan fingerprint density at radius 1 is 0.569 bits per heavy atom. The van der Waals surface area contributed by atoms with Gasteiger partial charge in [0.2, 0.25) is 0 Å². The van der Waals surface area contributed by atoms with Gasteiger partial charge in [-0.2, -0.15) is 37.0 Å². The summed E-state index contributed by atoms with van der Waals surface area (Å²) in [6.07, 6.45) is 15.7. The summed E-state index contributed by atoms with van der Waals surface area (Å²) in [4.78, 5) is 8.58. The van der Waals surface area contributed by atoms with E-state index in [-0.39, 0.29) is 42.1 Å². The number of ether oxygens (including phenoxy) is 2. The van der Waals surface area contributed by atoms with Gasteiger partial charge in [-0.15, -0.1) is 71.4 Å². The van der Waals surface area contributed by atoms with Crippen molar-refractivity contribution in [3.8, 4) is 84.8 Å². The number of hydrogen-bond donors (Lipinski definition) is 0. The number of pyridine rings is 1. The van der Waals surface area contributed by atoms with E-state index in [9.17, 15) is 0 Å². The van der Waals surface area contributed by atoms with E-state index in [2.05, 4.69) is 114 Å². The van der Waals surface area contributed by atoms with Gasteiger partial charge in [-0.25, -0.2) is 24.2 Å². The Labute approximate surface area is 410 Å². The van der Waals surface area contributed by atoms with Crippen molar-refractivity contribution in [2.24, 2.45) is 0 Å². The van der Waals surface area contributed by atoms with Gasteiger partial charge in [-0.3, -0.25) is 11.1 Å². The molecule has 1 aliphatic heterocycles. The molecule has 9 aromatic rings. The Bertz CT molecular complexity index is 2980. The van der Waals surface area contributed by atoms with Gasteiger partial charge >= 0.3 is 21.1 Å². The van der Waals surface area contributed by atoms with Crippen LogP contribution in [0.15, 0.2) is 201 Å². The average molecular weight is 1200 g/mol. The Morgan fingerprint density at radius 2 is 1.17 bits per heavy atom. The molecule has 0 amide bonds. The van der Waals surface area contributed by atoms with E-state index >= 15 is 0 Å². The minimum atomic E-state index is 0. The monoisotopic (exact) mass is 1200 g/mol. The van der Waals surface area contributed by atoms with E-state index < -0.39 is 0 Å². The summed E-state index contributed by atoms with van der Waals surface area (Å²) in [5.41, 5.74) is 10.8. The molecule has 0 spiro atoms. The Balaban J connectivity index is 0.000000642. The third-order valence-electron chi connectivity index (χ3n) is 10.1. The summed E-state index contributed by atoms with van der Waals surface area (Å²) in [7, 11) is 1.98. The van der Waals surface area contributed by atoms with Crippen molar-refractivity contribution >= 4 is 5.69 Å². The first-order chi connectivity index (χ1) is 31.1. The van der Waals surface area contributed by atoms with Gasteiger partial charge in [-0.1, -0.05) is 96.8 Å². The smallest absolute Gasteiger partial charge is 0.669 e. The zero-order valence-corrected chi connectivity index (χ0v) is 39.4. The summed E-state index contributed by atoms with van der Waals surface area (Å²) in [5, 5.41) is 0. The van der Waals surface area contributed by atoms with Gasteiger partial charge in [0.1, 0.15) is 0 Å². The van der Waals surface area contributed by atoms with Crippen LogP contribution in [0.25, 0.3) is 55.8 Å². The summed E-state index contributed by atoms with van der Waals surface area (Å²) in [6.45, 7) is 1.97. The molecule has 0 saturated heterocycles. The van der Waals surface area contributed by atoms with Gasteiger partial charge in [0, 0.05) is 56.5 Å². The van der Waals surface area contributed by atoms with Gasteiger partial charge in [-0.05, 0) is 59.4 Å². The van der Waals surface area contributed by atoms with Crippen molar-refractivity contribution in [3.05, 3.63) is 244 Å². The van der Waals surface area contributed by atoms with Crippen LogP contribution < -0.4 is 14.4 Å². The van der Waals surface area contributed by atoms with Crippen molar-refractivity contribution in [1.29, 1.82) is 0 Å². The molecule has 8 heteroatoms. The first kappa shape index (κ1) is 45.9. The average Bonchev–Trinajstić information content (AvgIpc) is 4.05. The van der Waals surface area contributed by atoms with Crippen molar-refractivity contribution in [2.75, 3.05) is 11.9 Å². The maximum Gasteiger partial charge on any atom is 4.00 e. The molecule has 0 aliphatic carbocycles. The minimum absolute atomic E-state index is 0. The normalized spacial score (nSPS) is 11.3. The van der Waals surface area contributed by atoms with E-state index in [1.807, 2.05) is 133 Å². The zero-order valence-electron chi connectivity index (χ0n) is 34.9. The third kappa shape index (κ3) is 11.3. The molecule has 65 heavy (non-hydrogen) atoms. The van der Waals surface area contributed by atoms with Crippen molar-refractivity contribution < 1.29 is 51.6 Å². The third-order valence-corrected chi connectivity index (χ3v) is 10.1. The van der Waals surface area contributed by atoms with Gasteiger partial charge in [0.15, 0.2) is 0 Å². The quantitative estimate of drug-likeness (QED) is 0.101. The fourth-order valence-corrected chi connectivity index (χ4v) is 7.13. The van der Waals surface area contributed by atoms with Gasteiger partial charge < -0.3 is 35.2 Å². The molecule has 6 nitrogen and oxygen atoms in total. The molecule has 0 fully saturated rings. The molecule has 0 bridgehead atoms. The van der Waals surface area contributed by atoms with Crippen LogP contribution in [0.4, 0.5) is 5.69 Å². The number of rotatable bonds is 10. The summed E-state index contributed by atoms with van der Waals surface area (Å²) in [5.74, 6) is 2.31. The molecule has 0 N–H and O–H groups in total. The fraction of sp³-hybridized carbons (Fsp3) is 0.0175. The molecule has 0 unspecified atom stereocenters. The molecule has 2 aromatic heterocycles. The predicted molar refractivity (Wildman–Crippen MR) is 249 cm³/mol. The van der Waals surface area contributed by atoms with Crippen LogP contribution >= 0.6 is 0 Å². The molecule has 320 valence electrons. The molecule has 10 rings (SSSR count). The number of nitrogens with zero attached hydrogens (tertiary/aromatic N) is 4. The standard InChI is InChI=1S/C51H33N3O2.C6H4N.2Pt/c1-53-29-30-54(36-53)43-20-11-24-47(35-43)56-45-22-9-18-41(32-45)50-34-40(27-28-52-50)39-17-8-21-44(31-39)55-46-23-10-19-42(33-46)51-48(37-13-4-2-5-14-37)25-12-26-49(51)38-15-6-3-7-16-38;1-2-7-5-3-4-6-7;;/h2-22,24-26,28-30,33-34,36H,1H3;3-6H;;/q-6;-1;;+4. The molecule has 0 radical (unpaired) electrons. The van der Waals surface area contributed by atoms with Gasteiger partial charge in [0.05, 0.1) is 0 Å². The second-order valence-electron chi connectivity index (χ2n) is 14.4. The zero-order chi connectivity index (χ0) is 42.8. The van der Waals surface area contributed by atoms with E-state index in [1.165, 1.54) is 0 Å². The molecule has 7 aromatic carbocycles. The van der Waals surface area contributed by atoms with Gasteiger partial charge in [0.25, 0.3) is 0 Å². The van der Waals surface area contributed by atoms with Crippen LogP contribution in [0.1, 0.15) is 0 Å². The van der Waals surface area contributed by atoms with E-state index in [1.54, 1.807) is 23.2 Å². The van der Waals surface area contributed by atoms with E-state index in [0.29, 0.717) is 23.0 Å². The molecule has 1 aliphatic rings. The Morgan fingerprint density at radius 3 is 1.80 bits per heavy atom. The molecular weight excluding hydrogens is 1160 g/mol. The summed E-state index contributed by atoms with van der Waals surface area (Å²) in [6, 6.07) is 75.5. The topological polar surface area (TPSA) is 42.8 Å².